The summed E-state index contributed by atoms with van der Waals surface area (Å²) in [6, 6.07) is 4.15. The molecule has 1 unspecified atom stereocenters. The number of hydrogen-bond acceptors (Lipinski definition) is 3. The normalized spacial score (nSPS) is 21.4. The van der Waals surface area contributed by atoms with E-state index in [-0.39, 0.29) is 12.3 Å². The maximum absolute atomic E-state index is 11.2. The van der Waals surface area contributed by atoms with Crippen LogP contribution in [0.4, 0.5) is 5.69 Å². The van der Waals surface area contributed by atoms with Gasteiger partial charge in [-0.15, -0.1) is 0 Å². The summed E-state index contributed by atoms with van der Waals surface area (Å²) >= 11 is 0. The van der Waals surface area contributed by atoms with Crippen LogP contribution in [0.2, 0.25) is 0 Å². The van der Waals surface area contributed by atoms with Crippen molar-refractivity contribution in [1.29, 1.82) is 0 Å². The Morgan fingerprint density at radius 1 is 1.45 bits per heavy atom. The van der Waals surface area contributed by atoms with Gasteiger partial charge in [0.2, 0.25) is 0 Å². The molecule has 0 aliphatic carbocycles. The number of carboxylic acid groups (broad SMARTS) is 1. The van der Waals surface area contributed by atoms with Crippen LogP contribution in [-0.2, 0) is 11.2 Å². The number of carboxylic acids is 1. The summed E-state index contributed by atoms with van der Waals surface area (Å²) < 4.78 is 5.85. The Hall–Kier alpha value is -1.71. The summed E-state index contributed by atoms with van der Waals surface area (Å²) in [5.74, 6) is 0.277. The van der Waals surface area contributed by atoms with E-state index in [0.29, 0.717) is 6.61 Å². The number of fused-ring (bicyclic) bond motifs is 3. The van der Waals surface area contributed by atoms with E-state index in [9.17, 15) is 9.90 Å². The molecule has 0 spiro atoms. The second-order valence-corrected chi connectivity index (χ2v) is 5.79. The molecular weight excluding hydrogens is 254 g/mol. The minimum Gasteiger partial charge on any atom is -0.493 e. The van der Waals surface area contributed by atoms with E-state index in [4.69, 9.17) is 4.74 Å². The van der Waals surface area contributed by atoms with E-state index in [0.717, 1.165) is 43.5 Å². The fourth-order valence-corrected chi connectivity index (χ4v) is 3.51. The van der Waals surface area contributed by atoms with Crippen LogP contribution < -0.4 is 9.64 Å². The third-order valence-corrected chi connectivity index (χ3v) is 4.41. The first kappa shape index (κ1) is 13.3. The van der Waals surface area contributed by atoms with E-state index < -0.39 is 5.97 Å². The average molecular weight is 275 g/mol. The van der Waals surface area contributed by atoms with Gasteiger partial charge in [0, 0.05) is 24.8 Å². The molecule has 108 valence electrons. The highest BCUT2D eigenvalue weighted by Gasteiger charge is 2.28. The third kappa shape index (κ3) is 2.35. The lowest BCUT2D eigenvalue weighted by molar-refractivity contribution is -0.137. The summed E-state index contributed by atoms with van der Waals surface area (Å²) in [4.78, 5) is 13.4. The highest BCUT2D eigenvalue weighted by molar-refractivity contribution is 5.70. The Morgan fingerprint density at radius 3 is 3.10 bits per heavy atom. The van der Waals surface area contributed by atoms with Gasteiger partial charge in [0.25, 0.3) is 0 Å². The van der Waals surface area contributed by atoms with E-state index in [2.05, 4.69) is 18.0 Å². The lowest BCUT2D eigenvalue weighted by Gasteiger charge is -2.31. The number of rotatable bonds is 2. The Kier molecular flexibility index (Phi) is 3.55. The molecule has 4 nitrogen and oxygen atoms in total. The maximum Gasteiger partial charge on any atom is 0.303 e. The number of benzene rings is 1. The molecule has 2 aliphatic rings. The number of ether oxygens (including phenoxy) is 1. The molecular formula is C16H21NO3. The van der Waals surface area contributed by atoms with Crippen molar-refractivity contribution in [1.82, 2.24) is 0 Å². The third-order valence-electron chi connectivity index (χ3n) is 4.41. The second-order valence-electron chi connectivity index (χ2n) is 5.79. The van der Waals surface area contributed by atoms with Crippen molar-refractivity contribution < 1.29 is 14.6 Å². The number of nitrogens with zero attached hydrogens (tertiary/aromatic N) is 1. The molecule has 0 saturated carbocycles. The van der Waals surface area contributed by atoms with Crippen molar-refractivity contribution in [3.63, 3.8) is 0 Å². The monoisotopic (exact) mass is 275 g/mol. The zero-order valence-electron chi connectivity index (χ0n) is 11.9. The molecule has 3 rings (SSSR count). The number of aliphatic carboxylic acids is 1. The fourth-order valence-electron chi connectivity index (χ4n) is 3.51. The van der Waals surface area contributed by atoms with Crippen molar-refractivity contribution in [2.24, 2.45) is 0 Å². The van der Waals surface area contributed by atoms with Gasteiger partial charge in [-0.2, -0.15) is 0 Å². The van der Waals surface area contributed by atoms with Crippen LogP contribution in [0.15, 0.2) is 12.1 Å². The molecule has 0 aromatic heterocycles. The maximum atomic E-state index is 11.2. The number of carbonyl (C=O) groups is 1. The molecule has 0 bridgehead atoms. The molecule has 1 aromatic carbocycles. The number of hydrogen-bond donors (Lipinski definition) is 1. The van der Waals surface area contributed by atoms with Gasteiger partial charge in [-0.3, -0.25) is 4.79 Å². The van der Waals surface area contributed by atoms with Gasteiger partial charge in [0.05, 0.1) is 13.0 Å². The first-order valence-corrected chi connectivity index (χ1v) is 7.38. The highest BCUT2D eigenvalue weighted by Crippen LogP contribution is 2.43. The van der Waals surface area contributed by atoms with Gasteiger partial charge in [-0.25, -0.2) is 0 Å². The van der Waals surface area contributed by atoms with Gasteiger partial charge >= 0.3 is 5.97 Å². The first-order chi connectivity index (χ1) is 9.66. The quantitative estimate of drug-likeness (QED) is 0.901. The summed E-state index contributed by atoms with van der Waals surface area (Å²) in [5.41, 5.74) is 3.72. The smallest absolute Gasteiger partial charge is 0.303 e. The lowest BCUT2D eigenvalue weighted by Crippen LogP contribution is -2.26. The molecule has 1 N–H and O–H groups in total. The first-order valence-electron chi connectivity index (χ1n) is 7.38. The van der Waals surface area contributed by atoms with E-state index in [1.54, 1.807) is 0 Å². The standard InChI is InChI=1S/C16H21NO3/c1-17-8-2-5-12-13(17)6-7-14-16(12)11(10-15(18)19)4-3-9-20-14/h6-7,11H,2-5,8-10H2,1H3,(H,18,19). The van der Waals surface area contributed by atoms with Gasteiger partial charge in [0.15, 0.2) is 0 Å². The summed E-state index contributed by atoms with van der Waals surface area (Å²) in [6.45, 7) is 1.76. The largest absolute Gasteiger partial charge is 0.493 e. The summed E-state index contributed by atoms with van der Waals surface area (Å²) in [5, 5.41) is 9.19. The lowest BCUT2D eigenvalue weighted by atomic mass is 9.84. The van der Waals surface area contributed by atoms with Gasteiger partial charge < -0.3 is 14.7 Å². The van der Waals surface area contributed by atoms with Crippen molar-refractivity contribution in [2.45, 2.75) is 38.0 Å². The Bertz CT molecular complexity index is 527. The topological polar surface area (TPSA) is 49.8 Å². The van der Waals surface area contributed by atoms with Crippen molar-refractivity contribution >= 4 is 11.7 Å². The molecule has 20 heavy (non-hydrogen) atoms. The van der Waals surface area contributed by atoms with E-state index in [1.165, 1.54) is 11.3 Å². The van der Waals surface area contributed by atoms with Crippen LogP contribution in [0.25, 0.3) is 0 Å². The SMILES string of the molecule is CN1CCCc2c1ccc1c2C(CC(=O)O)CCCO1. The minimum atomic E-state index is -0.718. The molecule has 0 amide bonds. The minimum absolute atomic E-state index is 0.0893. The second kappa shape index (κ2) is 5.35. The molecule has 2 heterocycles. The zero-order chi connectivity index (χ0) is 14.1. The molecule has 2 aliphatic heterocycles. The Labute approximate surface area is 119 Å². The van der Waals surface area contributed by atoms with Gasteiger partial charge in [-0.05, 0) is 49.3 Å². The van der Waals surface area contributed by atoms with Crippen LogP contribution in [0.5, 0.6) is 5.75 Å². The summed E-state index contributed by atoms with van der Waals surface area (Å²) in [6.07, 6.45) is 4.19. The Balaban J connectivity index is 2.09. The fraction of sp³-hybridized carbons (Fsp3) is 0.562. The molecule has 1 aromatic rings. The van der Waals surface area contributed by atoms with E-state index >= 15 is 0 Å². The van der Waals surface area contributed by atoms with Crippen LogP contribution in [0.1, 0.15) is 42.7 Å². The van der Waals surface area contributed by atoms with E-state index in [1.807, 2.05) is 6.07 Å². The van der Waals surface area contributed by atoms with Crippen molar-refractivity contribution in [2.75, 3.05) is 25.1 Å². The van der Waals surface area contributed by atoms with Gasteiger partial charge in [0.1, 0.15) is 5.75 Å². The molecule has 0 fully saturated rings. The Morgan fingerprint density at radius 2 is 2.30 bits per heavy atom. The highest BCUT2D eigenvalue weighted by atomic mass is 16.5. The van der Waals surface area contributed by atoms with Crippen LogP contribution >= 0.6 is 0 Å². The molecule has 1 atom stereocenters. The van der Waals surface area contributed by atoms with Crippen LogP contribution in [-0.4, -0.2) is 31.3 Å². The summed E-state index contributed by atoms with van der Waals surface area (Å²) in [7, 11) is 2.11. The van der Waals surface area contributed by atoms with Crippen LogP contribution in [0, 0.1) is 0 Å². The predicted octanol–water partition coefficient (Wildman–Crippen LogP) is 2.80. The predicted molar refractivity (Wildman–Crippen MR) is 77.8 cm³/mol. The molecule has 4 heteroatoms. The van der Waals surface area contributed by atoms with Crippen molar-refractivity contribution in [3.8, 4) is 5.75 Å². The van der Waals surface area contributed by atoms with Gasteiger partial charge in [-0.1, -0.05) is 0 Å². The zero-order valence-corrected chi connectivity index (χ0v) is 11.9. The van der Waals surface area contributed by atoms with Crippen molar-refractivity contribution in [3.05, 3.63) is 23.3 Å². The average Bonchev–Trinajstić information content (AvgIpc) is 2.61. The molecule has 0 saturated heterocycles. The number of anilines is 1. The molecule has 0 radical (unpaired) electrons. The van der Waals surface area contributed by atoms with Crippen LogP contribution in [0.3, 0.4) is 0 Å².